The SMILES string of the molecule is CNc1nccc(-c2cccnc2Oc2ccc(NS(=O)Cc3ccccc3)c(F)c2F)n1.FC1(F)CCCNC1. The van der Waals surface area contributed by atoms with Gasteiger partial charge in [-0.1, -0.05) is 30.3 Å². The molecule has 1 saturated heterocycles. The van der Waals surface area contributed by atoms with Crippen LogP contribution >= 0.6 is 0 Å². The lowest BCUT2D eigenvalue weighted by Gasteiger charge is -2.21. The van der Waals surface area contributed by atoms with Crippen molar-refractivity contribution in [2.24, 2.45) is 0 Å². The zero-order valence-corrected chi connectivity index (χ0v) is 22.9. The second kappa shape index (κ2) is 14.0. The van der Waals surface area contributed by atoms with Gasteiger partial charge in [0.1, 0.15) is 11.0 Å². The molecule has 3 heterocycles. The van der Waals surface area contributed by atoms with E-state index in [-0.39, 0.29) is 36.0 Å². The summed E-state index contributed by atoms with van der Waals surface area (Å²) in [7, 11) is 0.0341. The number of halogens is 4. The highest BCUT2D eigenvalue weighted by atomic mass is 32.2. The van der Waals surface area contributed by atoms with Crippen molar-refractivity contribution < 1.29 is 26.5 Å². The van der Waals surface area contributed by atoms with E-state index in [1.54, 1.807) is 43.6 Å². The Kier molecular flexibility index (Phi) is 10.2. The molecule has 0 amide bonds. The van der Waals surface area contributed by atoms with Gasteiger partial charge in [0.25, 0.3) is 5.92 Å². The molecular weight excluding hydrogens is 560 g/mol. The highest BCUT2D eigenvalue weighted by Crippen LogP contribution is 2.34. The molecule has 1 unspecified atom stereocenters. The molecule has 3 N–H and O–H groups in total. The van der Waals surface area contributed by atoms with Gasteiger partial charge in [0.2, 0.25) is 17.6 Å². The van der Waals surface area contributed by atoms with Gasteiger partial charge in [0.15, 0.2) is 11.6 Å². The van der Waals surface area contributed by atoms with Crippen molar-refractivity contribution >= 4 is 22.6 Å². The summed E-state index contributed by atoms with van der Waals surface area (Å²) in [6.45, 7) is 0.614. The van der Waals surface area contributed by atoms with Crippen LogP contribution in [0.25, 0.3) is 11.3 Å². The van der Waals surface area contributed by atoms with Gasteiger partial charge in [-0.2, -0.15) is 4.39 Å². The van der Waals surface area contributed by atoms with Gasteiger partial charge in [-0.25, -0.2) is 32.3 Å². The molecule has 41 heavy (non-hydrogen) atoms. The first-order chi connectivity index (χ1) is 19.8. The number of benzene rings is 2. The molecule has 0 saturated carbocycles. The summed E-state index contributed by atoms with van der Waals surface area (Å²) < 4.78 is 74.2. The van der Waals surface area contributed by atoms with Crippen LogP contribution in [-0.4, -0.2) is 45.2 Å². The lowest BCUT2D eigenvalue weighted by Crippen LogP contribution is -2.38. The largest absolute Gasteiger partial charge is 0.435 e. The highest BCUT2D eigenvalue weighted by molar-refractivity contribution is 7.85. The Morgan fingerprint density at radius 3 is 2.49 bits per heavy atom. The lowest BCUT2D eigenvalue weighted by atomic mass is 10.1. The Balaban J connectivity index is 0.000000417. The second-order valence-corrected chi connectivity index (χ2v) is 10.1. The fraction of sp³-hybridized carbons (Fsp3) is 0.250. The summed E-state index contributed by atoms with van der Waals surface area (Å²) in [4.78, 5) is 12.5. The molecule has 0 bridgehead atoms. The van der Waals surface area contributed by atoms with Gasteiger partial charge in [0.05, 0.1) is 29.2 Å². The van der Waals surface area contributed by atoms with Crippen LogP contribution in [0.2, 0.25) is 0 Å². The van der Waals surface area contributed by atoms with Crippen LogP contribution in [0.5, 0.6) is 11.6 Å². The third-order valence-corrected chi connectivity index (χ3v) is 6.87. The molecule has 8 nitrogen and oxygen atoms in total. The molecule has 2 aromatic heterocycles. The van der Waals surface area contributed by atoms with E-state index in [4.69, 9.17) is 4.74 Å². The van der Waals surface area contributed by atoms with Gasteiger partial charge in [0, 0.05) is 25.9 Å². The number of rotatable bonds is 8. The lowest BCUT2D eigenvalue weighted by molar-refractivity contribution is -0.0208. The van der Waals surface area contributed by atoms with Crippen LogP contribution in [-0.2, 0) is 16.7 Å². The van der Waals surface area contributed by atoms with E-state index in [1.165, 1.54) is 18.3 Å². The topological polar surface area (TPSA) is 101 Å². The van der Waals surface area contributed by atoms with Gasteiger partial charge >= 0.3 is 0 Å². The maximum absolute atomic E-state index is 14.8. The summed E-state index contributed by atoms with van der Waals surface area (Å²) in [5.41, 5.74) is 1.54. The van der Waals surface area contributed by atoms with Crippen LogP contribution in [0.3, 0.4) is 0 Å². The zero-order valence-electron chi connectivity index (χ0n) is 22.0. The summed E-state index contributed by atoms with van der Waals surface area (Å²) in [6, 6.07) is 16.6. The van der Waals surface area contributed by atoms with Crippen LogP contribution in [0.4, 0.5) is 29.2 Å². The molecule has 1 atom stereocenters. The fourth-order valence-corrected chi connectivity index (χ4v) is 4.78. The molecule has 1 fully saturated rings. The van der Waals surface area contributed by atoms with Gasteiger partial charge in [-0.15, -0.1) is 0 Å². The van der Waals surface area contributed by atoms with Crippen molar-refractivity contribution in [1.29, 1.82) is 0 Å². The van der Waals surface area contributed by atoms with E-state index < -0.39 is 28.5 Å². The van der Waals surface area contributed by atoms with Gasteiger partial charge in [-0.05, 0) is 48.9 Å². The average Bonchev–Trinajstić information content (AvgIpc) is 2.98. The van der Waals surface area contributed by atoms with Crippen molar-refractivity contribution in [2.45, 2.75) is 24.5 Å². The van der Waals surface area contributed by atoms with E-state index in [0.717, 1.165) is 12.1 Å². The molecule has 5 rings (SSSR count). The number of piperidine rings is 1. The minimum absolute atomic E-state index is 0.0462. The Bertz CT molecular complexity index is 1470. The predicted molar refractivity (Wildman–Crippen MR) is 150 cm³/mol. The van der Waals surface area contributed by atoms with Crippen molar-refractivity contribution in [1.82, 2.24) is 20.3 Å². The average molecular weight is 589 g/mol. The first-order valence-corrected chi connectivity index (χ1v) is 14.0. The standard InChI is InChI=1S/C23H19F2N5O2S.C5H9F2N/c1-26-23-28-13-11-17(29-23)16-8-5-12-27-22(16)32-19-10-9-18(20(24)21(19)25)30-33(31)14-15-6-3-2-4-7-15;6-5(7)2-1-3-8-4-5/h2-13,30H,14H2,1H3,(H,26,28,29);8H,1-4H2. The Labute approximate surface area is 237 Å². The minimum atomic E-state index is -2.43. The van der Waals surface area contributed by atoms with Gasteiger partial charge in [-0.3, -0.25) is 0 Å². The normalized spacial score (nSPS) is 14.8. The van der Waals surface area contributed by atoms with Crippen LogP contribution < -0.4 is 20.1 Å². The molecule has 0 radical (unpaired) electrons. The molecule has 216 valence electrons. The van der Waals surface area contributed by atoms with Crippen LogP contribution in [0, 0.1) is 11.6 Å². The number of hydrogen-bond donors (Lipinski definition) is 3. The summed E-state index contributed by atoms with van der Waals surface area (Å²) in [5.74, 6) is -4.65. The number of alkyl halides is 2. The number of nitrogens with zero attached hydrogens (tertiary/aromatic N) is 3. The molecule has 0 aliphatic carbocycles. The number of anilines is 2. The third-order valence-electron chi connectivity index (χ3n) is 5.82. The third kappa shape index (κ3) is 8.44. The summed E-state index contributed by atoms with van der Waals surface area (Å²) in [6.07, 6.45) is 3.68. The Hall–Kier alpha value is -4.10. The molecular formula is C28H28F4N6O2S. The summed E-state index contributed by atoms with van der Waals surface area (Å²) in [5, 5.41) is 5.46. The second-order valence-electron chi connectivity index (χ2n) is 8.93. The highest BCUT2D eigenvalue weighted by Gasteiger charge is 2.30. The van der Waals surface area contributed by atoms with E-state index in [0.29, 0.717) is 23.6 Å². The number of hydrogen-bond acceptors (Lipinski definition) is 7. The van der Waals surface area contributed by atoms with E-state index in [9.17, 15) is 21.8 Å². The number of nitrogens with one attached hydrogen (secondary N) is 3. The Morgan fingerprint density at radius 2 is 1.80 bits per heavy atom. The summed E-state index contributed by atoms with van der Waals surface area (Å²) >= 11 is 0. The minimum Gasteiger partial charge on any atom is -0.435 e. The maximum atomic E-state index is 14.8. The number of pyridine rings is 1. The van der Waals surface area contributed by atoms with Crippen molar-refractivity contribution in [2.75, 3.05) is 30.2 Å². The molecule has 2 aromatic carbocycles. The first kappa shape index (κ1) is 29.9. The Morgan fingerprint density at radius 1 is 1.00 bits per heavy atom. The zero-order chi connectivity index (χ0) is 29.2. The fourth-order valence-electron chi connectivity index (χ4n) is 3.81. The predicted octanol–water partition coefficient (Wildman–Crippen LogP) is 5.93. The molecule has 13 heteroatoms. The van der Waals surface area contributed by atoms with Crippen LogP contribution in [0.1, 0.15) is 18.4 Å². The van der Waals surface area contributed by atoms with E-state index >= 15 is 0 Å². The van der Waals surface area contributed by atoms with E-state index in [2.05, 4.69) is 30.3 Å². The molecule has 0 spiro atoms. The van der Waals surface area contributed by atoms with E-state index in [1.807, 2.05) is 18.2 Å². The van der Waals surface area contributed by atoms with Crippen molar-refractivity contribution in [3.05, 3.63) is 90.3 Å². The first-order valence-electron chi connectivity index (χ1n) is 12.7. The number of ether oxygens (including phenoxy) is 1. The van der Waals surface area contributed by atoms with Crippen LogP contribution in [0.15, 0.2) is 73.1 Å². The smallest absolute Gasteiger partial charge is 0.260 e. The number of aromatic nitrogens is 3. The molecule has 1 aliphatic heterocycles. The maximum Gasteiger partial charge on any atom is 0.260 e. The molecule has 1 aliphatic rings. The monoisotopic (exact) mass is 588 g/mol. The molecule has 4 aromatic rings. The quantitative estimate of drug-likeness (QED) is 0.219. The van der Waals surface area contributed by atoms with Gasteiger partial charge < -0.3 is 20.1 Å². The van der Waals surface area contributed by atoms with Crippen molar-refractivity contribution in [3.63, 3.8) is 0 Å². The van der Waals surface area contributed by atoms with Crippen molar-refractivity contribution in [3.8, 4) is 22.9 Å².